The molecule has 0 unspecified atom stereocenters. The Bertz CT molecular complexity index is 700. The van der Waals surface area contributed by atoms with Crippen molar-refractivity contribution in [1.82, 2.24) is 9.88 Å². The van der Waals surface area contributed by atoms with Crippen molar-refractivity contribution >= 4 is 29.0 Å². The van der Waals surface area contributed by atoms with Gasteiger partial charge in [0.1, 0.15) is 0 Å². The second-order valence-electron chi connectivity index (χ2n) is 5.47. The van der Waals surface area contributed by atoms with Crippen LogP contribution in [0.1, 0.15) is 0 Å². The van der Waals surface area contributed by atoms with E-state index in [1.54, 1.807) is 30.3 Å². The van der Waals surface area contributed by atoms with Gasteiger partial charge in [0.2, 0.25) is 5.88 Å². The lowest BCUT2D eigenvalue weighted by atomic mass is 10.2. The van der Waals surface area contributed by atoms with E-state index in [1.807, 2.05) is 24.3 Å². The Labute approximate surface area is 146 Å². The van der Waals surface area contributed by atoms with Crippen LogP contribution in [0.2, 0.25) is 5.02 Å². The summed E-state index contributed by atoms with van der Waals surface area (Å²) >= 11 is 6.04. The van der Waals surface area contributed by atoms with Gasteiger partial charge in [0.05, 0.1) is 19.0 Å². The molecule has 1 fully saturated rings. The van der Waals surface area contributed by atoms with E-state index in [2.05, 4.69) is 15.2 Å². The van der Waals surface area contributed by atoms with Gasteiger partial charge in [-0.3, -0.25) is 0 Å². The van der Waals surface area contributed by atoms with Gasteiger partial charge in [-0.05, 0) is 24.3 Å². The third-order valence-electron chi connectivity index (χ3n) is 3.94. The molecule has 24 heavy (non-hydrogen) atoms. The highest BCUT2D eigenvalue weighted by Gasteiger charge is 2.21. The van der Waals surface area contributed by atoms with Crippen LogP contribution in [0.5, 0.6) is 5.88 Å². The second kappa shape index (κ2) is 7.40. The Hall–Kier alpha value is -2.47. The van der Waals surface area contributed by atoms with Crippen LogP contribution in [0, 0.1) is 0 Å². The van der Waals surface area contributed by atoms with Crippen LogP contribution >= 0.6 is 11.6 Å². The minimum Gasteiger partial charge on any atom is -0.481 e. The zero-order valence-corrected chi connectivity index (χ0v) is 14.2. The summed E-state index contributed by atoms with van der Waals surface area (Å²) in [7, 11) is 1.56. The van der Waals surface area contributed by atoms with E-state index in [1.165, 1.54) is 0 Å². The lowest BCUT2D eigenvalue weighted by Gasteiger charge is -2.36. The molecule has 0 radical (unpaired) electrons. The largest absolute Gasteiger partial charge is 0.481 e. The molecule has 1 aromatic heterocycles. The van der Waals surface area contributed by atoms with Crippen molar-refractivity contribution < 1.29 is 9.53 Å². The summed E-state index contributed by atoms with van der Waals surface area (Å²) < 4.78 is 5.00. The van der Waals surface area contributed by atoms with E-state index < -0.39 is 0 Å². The number of halogens is 1. The predicted octanol–water partition coefficient (Wildman–Crippen LogP) is 3.10. The van der Waals surface area contributed by atoms with Crippen LogP contribution in [0.4, 0.5) is 16.2 Å². The van der Waals surface area contributed by atoms with Crippen LogP contribution in [-0.4, -0.2) is 49.2 Å². The number of carbonyl (C=O) groups excluding carboxylic acids is 1. The number of nitrogens with zero attached hydrogens (tertiary/aromatic N) is 3. The third-order valence-corrected chi connectivity index (χ3v) is 4.17. The molecule has 2 aromatic rings. The summed E-state index contributed by atoms with van der Waals surface area (Å²) in [4.78, 5) is 20.4. The summed E-state index contributed by atoms with van der Waals surface area (Å²) in [5.41, 5.74) is 1.74. The number of rotatable bonds is 3. The molecule has 0 atom stereocenters. The Balaban J connectivity index is 1.54. The van der Waals surface area contributed by atoms with Gasteiger partial charge in [-0.2, -0.15) is 0 Å². The number of methoxy groups -OCH3 is 1. The summed E-state index contributed by atoms with van der Waals surface area (Å²) in [6, 6.07) is 11.1. The molecule has 1 aliphatic rings. The van der Waals surface area contributed by atoms with E-state index in [0.717, 1.165) is 23.8 Å². The standard InChI is InChI=1S/C17H19ClN4O2/c1-24-16-6-5-14(12-19-16)20-17(23)22-9-7-21(8-10-22)15-4-2-3-13(18)11-15/h2-6,11-12H,7-10H2,1H3,(H,20,23). The molecule has 2 amide bonds. The minimum absolute atomic E-state index is 0.118. The summed E-state index contributed by atoms with van der Waals surface area (Å²) in [5, 5.41) is 3.58. The quantitative estimate of drug-likeness (QED) is 0.927. The maximum Gasteiger partial charge on any atom is 0.322 e. The molecule has 2 heterocycles. The van der Waals surface area contributed by atoms with Crippen molar-refractivity contribution in [2.75, 3.05) is 43.5 Å². The zero-order chi connectivity index (χ0) is 16.9. The Morgan fingerprint density at radius 2 is 2.00 bits per heavy atom. The van der Waals surface area contributed by atoms with E-state index in [4.69, 9.17) is 16.3 Å². The fourth-order valence-corrected chi connectivity index (χ4v) is 2.80. The third kappa shape index (κ3) is 3.89. The highest BCUT2D eigenvalue weighted by Crippen LogP contribution is 2.21. The molecule has 126 valence electrons. The normalized spacial score (nSPS) is 14.4. The molecule has 7 heteroatoms. The molecule has 0 saturated carbocycles. The van der Waals surface area contributed by atoms with Gasteiger partial charge in [-0.25, -0.2) is 9.78 Å². The summed E-state index contributed by atoms with van der Waals surface area (Å²) in [5.74, 6) is 0.517. The molecule has 3 rings (SSSR count). The Kier molecular flexibility index (Phi) is 5.05. The molecule has 0 spiro atoms. The summed E-state index contributed by atoms with van der Waals surface area (Å²) in [6.45, 7) is 2.85. The molecule has 0 aliphatic carbocycles. The van der Waals surface area contributed by atoms with Gasteiger partial charge < -0.3 is 19.9 Å². The topological polar surface area (TPSA) is 57.7 Å². The number of hydrogen-bond donors (Lipinski definition) is 1. The average Bonchev–Trinajstić information content (AvgIpc) is 2.62. The maximum atomic E-state index is 12.3. The van der Waals surface area contributed by atoms with Gasteiger partial charge in [0, 0.05) is 43.0 Å². The molecule has 1 aromatic carbocycles. The molecule has 1 N–H and O–H groups in total. The monoisotopic (exact) mass is 346 g/mol. The van der Waals surface area contributed by atoms with Crippen molar-refractivity contribution in [2.24, 2.45) is 0 Å². The van der Waals surface area contributed by atoms with Crippen LogP contribution in [0.15, 0.2) is 42.6 Å². The summed E-state index contributed by atoms with van der Waals surface area (Å²) in [6.07, 6.45) is 1.58. The number of benzene rings is 1. The first kappa shape index (κ1) is 16.4. The number of hydrogen-bond acceptors (Lipinski definition) is 4. The number of ether oxygens (including phenoxy) is 1. The van der Waals surface area contributed by atoms with Crippen molar-refractivity contribution in [3.05, 3.63) is 47.6 Å². The molecular formula is C17H19ClN4O2. The average molecular weight is 347 g/mol. The number of nitrogens with one attached hydrogen (secondary N) is 1. The first-order valence-corrected chi connectivity index (χ1v) is 8.10. The zero-order valence-electron chi connectivity index (χ0n) is 13.4. The van der Waals surface area contributed by atoms with Crippen molar-refractivity contribution in [2.45, 2.75) is 0 Å². The van der Waals surface area contributed by atoms with E-state index in [0.29, 0.717) is 24.7 Å². The van der Waals surface area contributed by atoms with Crippen molar-refractivity contribution in [1.29, 1.82) is 0 Å². The Morgan fingerprint density at radius 1 is 1.21 bits per heavy atom. The van der Waals surface area contributed by atoms with Gasteiger partial charge in [0.25, 0.3) is 0 Å². The number of pyridine rings is 1. The first-order valence-electron chi connectivity index (χ1n) is 7.72. The van der Waals surface area contributed by atoms with Crippen LogP contribution in [0.3, 0.4) is 0 Å². The van der Waals surface area contributed by atoms with E-state index in [9.17, 15) is 4.79 Å². The van der Waals surface area contributed by atoms with Gasteiger partial charge in [0.15, 0.2) is 0 Å². The van der Waals surface area contributed by atoms with Crippen LogP contribution < -0.4 is 15.0 Å². The number of anilines is 2. The van der Waals surface area contributed by atoms with Crippen LogP contribution in [-0.2, 0) is 0 Å². The minimum atomic E-state index is -0.118. The number of carbonyl (C=O) groups is 1. The molecular weight excluding hydrogens is 328 g/mol. The fourth-order valence-electron chi connectivity index (χ4n) is 2.62. The van der Waals surface area contributed by atoms with Gasteiger partial charge in [-0.15, -0.1) is 0 Å². The van der Waals surface area contributed by atoms with Gasteiger partial charge >= 0.3 is 6.03 Å². The highest BCUT2D eigenvalue weighted by atomic mass is 35.5. The Morgan fingerprint density at radius 3 is 2.62 bits per heavy atom. The lowest BCUT2D eigenvalue weighted by Crippen LogP contribution is -2.50. The first-order chi connectivity index (χ1) is 11.7. The number of piperazine rings is 1. The SMILES string of the molecule is COc1ccc(NC(=O)N2CCN(c3cccc(Cl)c3)CC2)cn1. The molecule has 0 bridgehead atoms. The van der Waals surface area contributed by atoms with E-state index >= 15 is 0 Å². The predicted molar refractivity (Wildman–Crippen MR) is 95.0 cm³/mol. The van der Waals surface area contributed by atoms with E-state index in [-0.39, 0.29) is 6.03 Å². The highest BCUT2D eigenvalue weighted by molar-refractivity contribution is 6.30. The molecule has 6 nitrogen and oxygen atoms in total. The lowest BCUT2D eigenvalue weighted by molar-refractivity contribution is 0.208. The maximum absolute atomic E-state index is 12.3. The smallest absolute Gasteiger partial charge is 0.322 e. The number of urea groups is 1. The second-order valence-corrected chi connectivity index (χ2v) is 5.91. The molecule has 1 saturated heterocycles. The number of aromatic nitrogens is 1. The van der Waals surface area contributed by atoms with Crippen molar-refractivity contribution in [3.8, 4) is 5.88 Å². The van der Waals surface area contributed by atoms with Gasteiger partial charge in [-0.1, -0.05) is 17.7 Å². The van der Waals surface area contributed by atoms with Crippen LogP contribution in [0.25, 0.3) is 0 Å². The van der Waals surface area contributed by atoms with Crippen molar-refractivity contribution in [3.63, 3.8) is 0 Å². The number of amides is 2. The fraction of sp³-hybridized carbons (Fsp3) is 0.294. The molecule has 1 aliphatic heterocycles.